The van der Waals surface area contributed by atoms with Gasteiger partial charge in [-0.1, -0.05) is 11.6 Å². The summed E-state index contributed by atoms with van der Waals surface area (Å²) >= 11 is 5.67. The van der Waals surface area contributed by atoms with Gasteiger partial charge in [-0.2, -0.15) is 13.2 Å². The molecule has 6 heteroatoms. The van der Waals surface area contributed by atoms with Crippen molar-refractivity contribution in [3.8, 4) is 5.75 Å². The maximum atomic E-state index is 12.7. The van der Waals surface area contributed by atoms with E-state index in [4.69, 9.17) is 16.3 Å². The van der Waals surface area contributed by atoms with Crippen LogP contribution in [0.25, 0.3) is 0 Å². The van der Waals surface area contributed by atoms with Crippen LogP contribution in [0.2, 0.25) is 5.02 Å². The van der Waals surface area contributed by atoms with Gasteiger partial charge in [0, 0.05) is 12.1 Å². The van der Waals surface area contributed by atoms with E-state index in [1.165, 1.54) is 6.07 Å². The van der Waals surface area contributed by atoms with Gasteiger partial charge < -0.3 is 9.64 Å². The van der Waals surface area contributed by atoms with Crippen LogP contribution in [0.15, 0.2) is 12.1 Å². The summed E-state index contributed by atoms with van der Waals surface area (Å²) in [5.41, 5.74) is -0.437. The van der Waals surface area contributed by atoms with Crippen molar-refractivity contribution in [2.24, 2.45) is 0 Å². The zero-order valence-corrected chi connectivity index (χ0v) is 9.19. The highest BCUT2D eigenvalue weighted by molar-refractivity contribution is 6.31. The minimum atomic E-state index is -4.45. The lowest BCUT2D eigenvalue weighted by molar-refractivity contribution is -0.139. The molecule has 0 aliphatic carbocycles. The molecule has 0 atom stereocenters. The van der Waals surface area contributed by atoms with E-state index in [0.717, 1.165) is 6.07 Å². The molecule has 1 aliphatic heterocycles. The second-order valence-corrected chi connectivity index (χ2v) is 4.01. The van der Waals surface area contributed by atoms with Gasteiger partial charge in [0.25, 0.3) is 0 Å². The fraction of sp³-hybridized carbons (Fsp3) is 0.400. The average molecular weight is 252 g/mol. The molecule has 1 aromatic carbocycles. The molecule has 0 fully saturated rings. The van der Waals surface area contributed by atoms with E-state index in [1.54, 1.807) is 11.9 Å². The van der Waals surface area contributed by atoms with Gasteiger partial charge in [0.2, 0.25) is 0 Å². The molecule has 1 aliphatic rings. The minimum absolute atomic E-state index is 0.0587. The molecule has 0 saturated carbocycles. The number of halogens is 4. The normalized spacial score (nSPS) is 15.7. The molecule has 2 nitrogen and oxygen atoms in total. The SMILES string of the molecule is CN1CCOc2c1cc(Cl)cc2C(F)(F)F. The largest absolute Gasteiger partial charge is 0.489 e. The summed E-state index contributed by atoms with van der Waals surface area (Å²) in [6.45, 7) is 0.791. The number of alkyl halides is 3. The molecule has 1 heterocycles. The van der Waals surface area contributed by atoms with Crippen molar-refractivity contribution in [3.63, 3.8) is 0 Å². The van der Waals surface area contributed by atoms with Crippen LogP contribution in [0.3, 0.4) is 0 Å². The third kappa shape index (κ3) is 1.91. The molecule has 0 radical (unpaired) electrons. The number of nitrogens with zero attached hydrogens (tertiary/aromatic N) is 1. The fourth-order valence-corrected chi connectivity index (χ4v) is 1.84. The van der Waals surface area contributed by atoms with E-state index in [9.17, 15) is 13.2 Å². The summed E-state index contributed by atoms with van der Waals surface area (Å²) in [6, 6.07) is 2.37. The van der Waals surface area contributed by atoms with E-state index in [0.29, 0.717) is 12.2 Å². The number of ether oxygens (including phenoxy) is 1. The standard InChI is InChI=1S/C10H9ClF3NO/c1-15-2-3-16-9-7(10(12,13)14)4-6(11)5-8(9)15/h4-5H,2-3H2,1H3. The first kappa shape index (κ1) is 11.4. The van der Waals surface area contributed by atoms with Gasteiger partial charge in [-0.25, -0.2) is 0 Å². The third-order valence-corrected chi connectivity index (χ3v) is 2.64. The van der Waals surface area contributed by atoms with Crippen molar-refractivity contribution in [3.05, 3.63) is 22.7 Å². The smallest absolute Gasteiger partial charge is 0.420 e. The Bertz CT molecular complexity index is 419. The highest BCUT2D eigenvalue weighted by Crippen LogP contribution is 2.44. The Hall–Kier alpha value is -1.10. The number of likely N-dealkylation sites (N-methyl/N-ethyl adjacent to an activating group) is 1. The van der Waals surface area contributed by atoms with E-state index >= 15 is 0 Å². The van der Waals surface area contributed by atoms with Gasteiger partial charge in [-0.15, -0.1) is 0 Å². The maximum Gasteiger partial charge on any atom is 0.420 e. The molecular formula is C10H9ClF3NO. The zero-order valence-electron chi connectivity index (χ0n) is 8.44. The summed E-state index contributed by atoms with van der Waals surface area (Å²) < 4.78 is 43.3. The van der Waals surface area contributed by atoms with E-state index in [2.05, 4.69) is 0 Å². The molecule has 1 aromatic rings. The van der Waals surface area contributed by atoms with Crippen molar-refractivity contribution in [1.29, 1.82) is 0 Å². The van der Waals surface area contributed by atoms with Gasteiger partial charge in [-0.05, 0) is 12.1 Å². The Labute approximate surface area is 95.6 Å². The van der Waals surface area contributed by atoms with E-state index < -0.39 is 11.7 Å². The summed E-state index contributed by atoms with van der Waals surface area (Å²) in [7, 11) is 1.71. The van der Waals surface area contributed by atoms with Gasteiger partial charge in [0.15, 0.2) is 5.75 Å². The second kappa shape index (κ2) is 3.73. The van der Waals surface area contributed by atoms with Crippen LogP contribution in [0.1, 0.15) is 5.56 Å². The van der Waals surface area contributed by atoms with Crippen molar-refractivity contribution >= 4 is 17.3 Å². The van der Waals surface area contributed by atoms with Crippen LogP contribution >= 0.6 is 11.6 Å². The van der Waals surface area contributed by atoms with Crippen molar-refractivity contribution in [2.75, 3.05) is 25.1 Å². The zero-order chi connectivity index (χ0) is 11.9. The highest BCUT2D eigenvalue weighted by atomic mass is 35.5. The molecule has 88 valence electrons. The molecule has 16 heavy (non-hydrogen) atoms. The first-order valence-electron chi connectivity index (χ1n) is 4.64. The van der Waals surface area contributed by atoms with Crippen LogP contribution in [-0.2, 0) is 6.18 Å². The third-order valence-electron chi connectivity index (χ3n) is 2.42. The molecule has 0 unspecified atom stereocenters. The molecular weight excluding hydrogens is 243 g/mol. The van der Waals surface area contributed by atoms with Crippen molar-refractivity contribution in [2.45, 2.75) is 6.18 Å². The summed E-state index contributed by atoms with van der Waals surface area (Å²) in [5.74, 6) is -0.134. The molecule has 2 rings (SSSR count). The quantitative estimate of drug-likeness (QED) is 0.702. The summed E-state index contributed by atoms with van der Waals surface area (Å²) in [6.07, 6.45) is -4.45. The summed E-state index contributed by atoms with van der Waals surface area (Å²) in [5, 5.41) is 0.0587. The Morgan fingerprint density at radius 3 is 2.69 bits per heavy atom. The van der Waals surface area contributed by atoms with Crippen molar-refractivity contribution in [1.82, 2.24) is 0 Å². The minimum Gasteiger partial charge on any atom is -0.489 e. The predicted molar refractivity (Wildman–Crippen MR) is 55.2 cm³/mol. The lowest BCUT2D eigenvalue weighted by Crippen LogP contribution is -2.30. The average Bonchev–Trinajstić information content (AvgIpc) is 2.17. The fourth-order valence-electron chi connectivity index (χ4n) is 1.63. The topological polar surface area (TPSA) is 12.5 Å². The number of rotatable bonds is 0. The molecule has 0 N–H and O–H groups in total. The van der Waals surface area contributed by atoms with E-state index in [-0.39, 0.29) is 17.4 Å². The maximum absolute atomic E-state index is 12.7. The first-order valence-corrected chi connectivity index (χ1v) is 5.02. The summed E-state index contributed by atoms with van der Waals surface area (Å²) in [4.78, 5) is 1.69. The lowest BCUT2D eigenvalue weighted by atomic mass is 10.1. The van der Waals surface area contributed by atoms with Gasteiger partial charge >= 0.3 is 6.18 Å². The van der Waals surface area contributed by atoms with Gasteiger partial charge in [0.1, 0.15) is 12.2 Å². The Kier molecular flexibility index (Phi) is 2.66. The van der Waals surface area contributed by atoms with E-state index in [1.807, 2.05) is 0 Å². The number of fused-ring (bicyclic) bond motifs is 1. The first-order chi connectivity index (χ1) is 7.39. The van der Waals surface area contributed by atoms with Crippen LogP contribution in [0.5, 0.6) is 5.75 Å². The molecule has 0 saturated heterocycles. The number of hydrogen-bond donors (Lipinski definition) is 0. The number of anilines is 1. The lowest BCUT2D eigenvalue weighted by Gasteiger charge is -2.29. The molecule has 0 bridgehead atoms. The van der Waals surface area contributed by atoms with Crippen LogP contribution in [0.4, 0.5) is 18.9 Å². The molecule has 0 amide bonds. The highest BCUT2D eigenvalue weighted by Gasteiger charge is 2.37. The molecule has 0 spiro atoms. The van der Waals surface area contributed by atoms with Crippen LogP contribution in [0, 0.1) is 0 Å². The Balaban J connectivity index is 2.62. The predicted octanol–water partition coefficient (Wildman–Crippen LogP) is 3.19. The monoisotopic (exact) mass is 251 g/mol. The van der Waals surface area contributed by atoms with Crippen LogP contribution in [-0.4, -0.2) is 20.2 Å². The molecule has 0 aromatic heterocycles. The Morgan fingerprint density at radius 1 is 1.38 bits per heavy atom. The number of hydrogen-bond acceptors (Lipinski definition) is 2. The van der Waals surface area contributed by atoms with Gasteiger partial charge in [-0.3, -0.25) is 0 Å². The van der Waals surface area contributed by atoms with Gasteiger partial charge in [0.05, 0.1) is 12.2 Å². The van der Waals surface area contributed by atoms with Crippen molar-refractivity contribution < 1.29 is 17.9 Å². The second-order valence-electron chi connectivity index (χ2n) is 3.57. The Morgan fingerprint density at radius 2 is 2.06 bits per heavy atom. The van der Waals surface area contributed by atoms with Crippen LogP contribution < -0.4 is 9.64 Å². The number of benzene rings is 1.